The van der Waals surface area contributed by atoms with E-state index in [1.165, 1.54) is 4.57 Å². The molecule has 2 aromatic heterocycles. The largest absolute Gasteiger partial charge is 0.450 e. The van der Waals surface area contributed by atoms with E-state index in [-0.39, 0.29) is 11.8 Å². The molecule has 1 fully saturated rings. The number of aromatic nitrogens is 3. The van der Waals surface area contributed by atoms with E-state index in [1.54, 1.807) is 30.4 Å². The number of amides is 1. The van der Waals surface area contributed by atoms with E-state index in [0.29, 0.717) is 38.5 Å². The van der Waals surface area contributed by atoms with Gasteiger partial charge in [-0.2, -0.15) is 0 Å². The minimum absolute atomic E-state index is 0.192. The van der Waals surface area contributed by atoms with Crippen molar-refractivity contribution in [1.82, 2.24) is 19.4 Å². The van der Waals surface area contributed by atoms with Crippen LogP contribution >= 0.6 is 0 Å². The van der Waals surface area contributed by atoms with Crippen molar-refractivity contribution in [3.63, 3.8) is 0 Å². The van der Waals surface area contributed by atoms with Gasteiger partial charge in [-0.3, -0.25) is 4.57 Å². The number of imidazole rings is 1. The average molecular weight is 317 g/mol. The predicted molar refractivity (Wildman–Crippen MR) is 85.0 cm³/mol. The number of nitrogens with one attached hydrogen (secondary N) is 1. The lowest BCUT2D eigenvalue weighted by molar-refractivity contribution is 0.105. The van der Waals surface area contributed by atoms with Crippen LogP contribution in [-0.2, 0) is 4.74 Å². The zero-order valence-electron chi connectivity index (χ0n) is 12.9. The summed E-state index contributed by atoms with van der Waals surface area (Å²) in [6.07, 6.45) is 4.66. The number of ether oxygens (including phenoxy) is 1. The molecule has 8 heteroatoms. The van der Waals surface area contributed by atoms with Gasteiger partial charge in [0, 0.05) is 38.6 Å². The Kier molecular flexibility index (Phi) is 4.31. The third-order valence-electron chi connectivity index (χ3n) is 3.79. The summed E-state index contributed by atoms with van der Waals surface area (Å²) in [4.78, 5) is 34.1. The molecule has 0 bridgehead atoms. The summed E-state index contributed by atoms with van der Waals surface area (Å²) in [7, 11) is 0. The van der Waals surface area contributed by atoms with E-state index >= 15 is 0 Å². The molecular weight excluding hydrogens is 298 g/mol. The molecule has 0 spiro atoms. The molecule has 23 heavy (non-hydrogen) atoms. The molecule has 2 aromatic rings. The van der Waals surface area contributed by atoms with Crippen molar-refractivity contribution in [3.8, 4) is 5.69 Å². The molecule has 0 saturated carbocycles. The monoisotopic (exact) mass is 317 g/mol. The molecular formula is C15H19N5O3. The van der Waals surface area contributed by atoms with E-state index in [0.717, 1.165) is 5.82 Å². The van der Waals surface area contributed by atoms with Crippen molar-refractivity contribution >= 4 is 11.9 Å². The molecule has 1 saturated heterocycles. The molecule has 1 amide bonds. The molecule has 0 atom stereocenters. The first-order valence-electron chi connectivity index (χ1n) is 7.58. The fourth-order valence-corrected chi connectivity index (χ4v) is 2.56. The van der Waals surface area contributed by atoms with Crippen molar-refractivity contribution < 1.29 is 9.53 Å². The molecule has 0 radical (unpaired) electrons. The number of carbonyl (C=O) groups excluding carboxylic acids is 1. The number of carbonyl (C=O) groups is 1. The summed E-state index contributed by atoms with van der Waals surface area (Å²) in [5.74, 6) is 0.834. The van der Waals surface area contributed by atoms with Gasteiger partial charge in [-0.1, -0.05) is 0 Å². The second-order valence-corrected chi connectivity index (χ2v) is 5.18. The highest BCUT2D eigenvalue weighted by molar-refractivity contribution is 5.68. The van der Waals surface area contributed by atoms with Crippen LogP contribution in [-0.4, -0.2) is 58.3 Å². The van der Waals surface area contributed by atoms with E-state index in [9.17, 15) is 9.59 Å². The lowest BCUT2D eigenvalue weighted by atomic mass is 10.3. The maximum absolute atomic E-state index is 11.7. The van der Waals surface area contributed by atoms with Gasteiger partial charge in [0.2, 0.25) is 0 Å². The van der Waals surface area contributed by atoms with Gasteiger partial charge in [0.25, 0.3) is 0 Å². The summed E-state index contributed by atoms with van der Waals surface area (Å²) in [6, 6.07) is 3.74. The van der Waals surface area contributed by atoms with Gasteiger partial charge in [-0.05, 0) is 19.1 Å². The van der Waals surface area contributed by atoms with Gasteiger partial charge in [0.1, 0.15) is 5.82 Å². The second-order valence-electron chi connectivity index (χ2n) is 5.18. The van der Waals surface area contributed by atoms with Crippen molar-refractivity contribution in [2.24, 2.45) is 0 Å². The van der Waals surface area contributed by atoms with Crippen LogP contribution in [0.2, 0.25) is 0 Å². The summed E-state index contributed by atoms with van der Waals surface area (Å²) in [5.41, 5.74) is 0.521. The quantitative estimate of drug-likeness (QED) is 0.907. The molecule has 3 heterocycles. The first-order valence-corrected chi connectivity index (χ1v) is 7.58. The number of H-pyrrole nitrogens is 1. The van der Waals surface area contributed by atoms with Crippen molar-refractivity contribution in [3.05, 3.63) is 41.2 Å². The molecule has 1 N–H and O–H groups in total. The van der Waals surface area contributed by atoms with Crippen LogP contribution in [0.3, 0.4) is 0 Å². The van der Waals surface area contributed by atoms with E-state index in [4.69, 9.17) is 4.74 Å². The Morgan fingerprint density at radius 1 is 1.30 bits per heavy atom. The SMILES string of the molecule is CCOC(=O)N1CCN(c2ccc(-n3cc[nH]c3=O)cn2)CC1. The minimum atomic E-state index is -0.262. The Morgan fingerprint density at radius 2 is 2.09 bits per heavy atom. The molecule has 0 aromatic carbocycles. The summed E-state index contributed by atoms with van der Waals surface area (Å²) in [5, 5.41) is 0. The zero-order chi connectivity index (χ0) is 16.2. The van der Waals surface area contributed by atoms with Gasteiger partial charge < -0.3 is 19.5 Å². The summed E-state index contributed by atoms with van der Waals surface area (Å²) >= 11 is 0. The average Bonchev–Trinajstić information content (AvgIpc) is 3.01. The molecule has 0 unspecified atom stereocenters. The Balaban J connectivity index is 1.64. The van der Waals surface area contributed by atoms with Gasteiger partial charge >= 0.3 is 11.8 Å². The first-order chi connectivity index (χ1) is 11.2. The highest BCUT2D eigenvalue weighted by Crippen LogP contribution is 2.15. The third kappa shape index (κ3) is 3.20. The van der Waals surface area contributed by atoms with Gasteiger partial charge in [-0.15, -0.1) is 0 Å². The highest BCUT2D eigenvalue weighted by atomic mass is 16.6. The number of anilines is 1. The van der Waals surface area contributed by atoms with Gasteiger partial charge in [0.15, 0.2) is 0 Å². The minimum Gasteiger partial charge on any atom is -0.450 e. The van der Waals surface area contributed by atoms with E-state index < -0.39 is 0 Å². The fraction of sp³-hybridized carbons (Fsp3) is 0.400. The topological polar surface area (TPSA) is 83.5 Å². The Labute approximate surface area is 133 Å². The number of rotatable bonds is 3. The summed E-state index contributed by atoms with van der Waals surface area (Å²) < 4.78 is 6.50. The maximum atomic E-state index is 11.7. The predicted octanol–water partition coefficient (Wildman–Crippen LogP) is 0.839. The lowest BCUT2D eigenvalue weighted by Gasteiger charge is -2.34. The number of hydrogen-bond acceptors (Lipinski definition) is 5. The van der Waals surface area contributed by atoms with Crippen LogP contribution in [0.1, 0.15) is 6.92 Å². The molecule has 0 aliphatic carbocycles. The number of pyridine rings is 1. The number of hydrogen-bond donors (Lipinski definition) is 1. The molecule has 3 rings (SSSR count). The molecule has 1 aliphatic rings. The van der Waals surface area contributed by atoms with E-state index in [2.05, 4.69) is 14.9 Å². The van der Waals surface area contributed by atoms with Crippen LogP contribution < -0.4 is 10.6 Å². The number of nitrogens with zero attached hydrogens (tertiary/aromatic N) is 4. The van der Waals surface area contributed by atoms with Crippen LogP contribution in [0.25, 0.3) is 5.69 Å². The Hall–Kier alpha value is -2.77. The highest BCUT2D eigenvalue weighted by Gasteiger charge is 2.22. The third-order valence-corrected chi connectivity index (χ3v) is 3.79. The number of piperazine rings is 1. The van der Waals surface area contributed by atoms with Crippen LogP contribution in [0.15, 0.2) is 35.5 Å². The zero-order valence-corrected chi connectivity index (χ0v) is 12.9. The van der Waals surface area contributed by atoms with Gasteiger partial charge in [0.05, 0.1) is 18.5 Å². The van der Waals surface area contributed by atoms with Crippen LogP contribution in [0, 0.1) is 0 Å². The number of aromatic amines is 1. The normalized spacial score (nSPS) is 14.8. The molecule has 1 aliphatic heterocycles. The van der Waals surface area contributed by atoms with Crippen LogP contribution in [0.4, 0.5) is 10.6 Å². The van der Waals surface area contributed by atoms with Crippen LogP contribution in [0.5, 0.6) is 0 Å². The second kappa shape index (κ2) is 6.55. The van der Waals surface area contributed by atoms with Crippen molar-refractivity contribution in [1.29, 1.82) is 0 Å². The molecule has 122 valence electrons. The van der Waals surface area contributed by atoms with E-state index in [1.807, 2.05) is 12.1 Å². The van der Waals surface area contributed by atoms with Crippen molar-refractivity contribution in [2.75, 3.05) is 37.7 Å². The van der Waals surface area contributed by atoms with Crippen molar-refractivity contribution in [2.45, 2.75) is 6.92 Å². The Morgan fingerprint density at radius 3 is 2.65 bits per heavy atom. The Bertz CT molecular complexity index is 713. The maximum Gasteiger partial charge on any atom is 0.409 e. The summed E-state index contributed by atoms with van der Waals surface area (Å²) in [6.45, 7) is 4.82. The fourth-order valence-electron chi connectivity index (χ4n) is 2.56. The smallest absolute Gasteiger partial charge is 0.409 e. The molecule has 8 nitrogen and oxygen atoms in total. The standard InChI is InChI=1S/C15H19N5O3/c1-2-23-15(22)19-9-7-18(8-10-19)13-4-3-12(11-17-13)20-6-5-16-14(20)21/h3-6,11H,2,7-10H2,1H3,(H,16,21). The van der Waals surface area contributed by atoms with Gasteiger partial charge in [-0.25, -0.2) is 14.6 Å². The first kappa shape index (κ1) is 15.1. The lowest BCUT2D eigenvalue weighted by Crippen LogP contribution is -2.49.